The molecule has 1 aliphatic heterocycles. The molecule has 0 aromatic heterocycles. The number of thioether (sulfide) groups is 1. The molecule has 6 heteroatoms. The van der Waals surface area contributed by atoms with Crippen molar-refractivity contribution in [3.63, 3.8) is 0 Å². The summed E-state index contributed by atoms with van der Waals surface area (Å²) in [7, 11) is 0. The fraction of sp³-hybridized carbons (Fsp3) is 0.381. The maximum Gasteiger partial charge on any atom is 0.230 e. The Morgan fingerprint density at radius 3 is 2.48 bits per heavy atom. The molecule has 3 rings (SSSR count). The third-order valence-electron chi connectivity index (χ3n) is 4.62. The molecule has 0 saturated carbocycles. The maximum atomic E-state index is 13.3. The molecule has 144 valence electrons. The number of benzene rings is 2. The van der Waals surface area contributed by atoms with E-state index in [1.165, 1.54) is 29.5 Å². The van der Waals surface area contributed by atoms with Crippen LogP contribution in [-0.4, -0.2) is 49.4 Å². The molecule has 0 spiro atoms. The number of carbonyl (C=O) groups excluding carboxylic acids is 1. The smallest absolute Gasteiger partial charge is 0.230 e. The number of nitrogens with one attached hydrogen (secondary N) is 1. The third kappa shape index (κ3) is 6.06. The number of ether oxygens (including phenoxy) is 1. The first-order valence-corrected chi connectivity index (χ1v) is 10.1. The molecule has 0 bridgehead atoms. The second-order valence-corrected chi connectivity index (χ2v) is 7.67. The lowest BCUT2D eigenvalue weighted by atomic mass is 10.0. The molecule has 4 nitrogen and oxygen atoms in total. The van der Waals surface area contributed by atoms with Gasteiger partial charge in [0, 0.05) is 24.5 Å². The summed E-state index contributed by atoms with van der Waals surface area (Å²) in [6.07, 6.45) is 0. The number of carbonyl (C=O) groups is 1. The van der Waals surface area contributed by atoms with Crippen molar-refractivity contribution in [2.45, 2.75) is 17.9 Å². The summed E-state index contributed by atoms with van der Waals surface area (Å²) < 4.78 is 18.7. The SMILES string of the molecule is Cc1ccc(SCC(=O)NCC(c2ccc(F)cc2)N2CCOCC2)cc1. The van der Waals surface area contributed by atoms with Gasteiger partial charge in [0.05, 0.1) is 25.0 Å². The first-order valence-electron chi connectivity index (χ1n) is 9.15. The first-order chi connectivity index (χ1) is 13.1. The zero-order chi connectivity index (χ0) is 19.1. The highest BCUT2D eigenvalue weighted by Crippen LogP contribution is 2.22. The van der Waals surface area contributed by atoms with E-state index in [0.29, 0.717) is 25.5 Å². The highest BCUT2D eigenvalue weighted by molar-refractivity contribution is 8.00. The van der Waals surface area contributed by atoms with E-state index in [9.17, 15) is 9.18 Å². The van der Waals surface area contributed by atoms with Crippen LogP contribution in [0.3, 0.4) is 0 Å². The Morgan fingerprint density at radius 1 is 1.15 bits per heavy atom. The molecule has 0 radical (unpaired) electrons. The normalized spacial score (nSPS) is 16.1. The van der Waals surface area contributed by atoms with E-state index >= 15 is 0 Å². The second kappa shape index (κ2) is 9.88. The largest absolute Gasteiger partial charge is 0.379 e. The topological polar surface area (TPSA) is 41.6 Å². The van der Waals surface area contributed by atoms with Crippen LogP contribution < -0.4 is 5.32 Å². The van der Waals surface area contributed by atoms with Gasteiger partial charge in [-0.1, -0.05) is 29.8 Å². The van der Waals surface area contributed by atoms with Crippen molar-refractivity contribution in [1.29, 1.82) is 0 Å². The number of nitrogens with zero attached hydrogens (tertiary/aromatic N) is 1. The van der Waals surface area contributed by atoms with Crippen LogP contribution in [0, 0.1) is 12.7 Å². The van der Waals surface area contributed by atoms with E-state index in [-0.39, 0.29) is 17.8 Å². The number of rotatable bonds is 7. The van der Waals surface area contributed by atoms with Crippen molar-refractivity contribution in [3.8, 4) is 0 Å². The molecule has 1 aliphatic rings. The molecule has 1 N–H and O–H groups in total. The van der Waals surface area contributed by atoms with Gasteiger partial charge in [0.1, 0.15) is 5.82 Å². The van der Waals surface area contributed by atoms with E-state index in [0.717, 1.165) is 23.5 Å². The fourth-order valence-corrected chi connectivity index (χ4v) is 3.81. The number of hydrogen-bond donors (Lipinski definition) is 1. The predicted octanol–water partition coefficient (Wildman–Crippen LogP) is 3.42. The van der Waals surface area contributed by atoms with E-state index in [4.69, 9.17) is 4.74 Å². The zero-order valence-corrected chi connectivity index (χ0v) is 16.3. The van der Waals surface area contributed by atoms with Gasteiger partial charge in [-0.25, -0.2) is 4.39 Å². The van der Waals surface area contributed by atoms with Gasteiger partial charge in [0.25, 0.3) is 0 Å². The molecule has 1 amide bonds. The summed E-state index contributed by atoms with van der Waals surface area (Å²) in [5.41, 5.74) is 2.21. The molecule has 2 aromatic rings. The lowest BCUT2D eigenvalue weighted by Crippen LogP contribution is -2.44. The third-order valence-corrected chi connectivity index (χ3v) is 5.64. The maximum absolute atomic E-state index is 13.3. The van der Waals surface area contributed by atoms with Crippen LogP contribution in [0.5, 0.6) is 0 Å². The number of morpholine rings is 1. The van der Waals surface area contributed by atoms with Crippen LogP contribution in [0.4, 0.5) is 4.39 Å². The van der Waals surface area contributed by atoms with E-state index in [1.807, 2.05) is 31.2 Å². The molecule has 2 aromatic carbocycles. The van der Waals surface area contributed by atoms with Crippen molar-refractivity contribution in [2.24, 2.45) is 0 Å². The number of amides is 1. The average molecular weight is 389 g/mol. The molecule has 27 heavy (non-hydrogen) atoms. The fourth-order valence-electron chi connectivity index (χ4n) is 3.08. The minimum Gasteiger partial charge on any atom is -0.379 e. The van der Waals surface area contributed by atoms with Crippen molar-refractivity contribution < 1.29 is 13.9 Å². The Labute approximate surface area is 164 Å². The van der Waals surface area contributed by atoms with Gasteiger partial charge >= 0.3 is 0 Å². The molecule has 1 unspecified atom stereocenters. The van der Waals surface area contributed by atoms with E-state index < -0.39 is 0 Å². The highest BCUT2D eigenvalue weighted by Gasteiger charge is 2.23. The van der Waals surface area contributed by atoms with Crippen molar-refractivity contribution in [1.82, 2.24) is 10.2 Å². The van der Waals surface area contributed by atoms with Gasteiger partial charge in [-0.2, -0.15) is 0 Å². The Morgan fingerprint density at radius 2 is 1.81 bits per heavy atom. The molecular weight excluding hydrogens is 363 g/mol. The minimum atomic E-state index is -0.252. The predicted molar refractivity (Wildman–Crippen MR) is 106 cm³/mol. The Bertz CT molecular complexity index is 731. The van der Waals surface area contributed by atoms with Gasteiger partial charge in [0.2, 0.25) is 5.91 Å². The van der Waals surface area contributed by atoms with Crippen LogP contribution in [0.15, 0.2) is 53.4 Å². The summed E-state index contributed by atoms with van der Waals surface area (Å²) in [5, 5.41) is 3.04. The summed E-state index contributed by atoms with van der Waals surface area (Å²) >= 11 is 1.53. The summed E-state index contributed by atoms with van der Waals surface area (Å²) in [6.45, 7) is 5.50. The van der Waals surface area contributed by atoms with Gasteiger partial charge in [0.15, 0.2) is 0 Å². The molecule has 1 saturated heterocycles. The molecule has 1 fully saturated rings. The van der Waals surface area contributed by atoms with Gasteiger partial charge < -0.3 is 10.1 Å². The average Bonchev–Trinajstić information content (AvgIpc) is 2.70. The van der Waals surface area contributed by atoms with Crippen LogP contribution in [-0.2, 0) is 9.53 Å². The molecule has 1 atom stereocenters. The lowest BCUT2D eigenvalue weighted by Gasteiger charge is -2.35. The van der Waals surface area contributed by atoms with E-state index in [2.05, 4.69) is 10.2 Å². The lowest BCUT2D eigenvalue weighted by molar-refractivity contribution is -0.118. The first kappa shape index (κ1) is 19.9. The minimum absolute atomic E-state index is 0.000876. The van der Waals surface area contributed by atoms with Crippen molar-refractivity contribution in [3.05, 3.63) is 65.5 Å². The summed E-state index contributed by atoms with van der Waals surface area (Å²) in [4.78, 5) is 15.7. The Hall–Kier alpha value is -1.89. The Kier molecular flexibility index (Phi) is 7.26. The second-order valence-electron chi connectivity index (χ2n) is 6.62. The molecule has 1 heterocycles. The molecular formula is C21H25FN2O2S. The highest BCUT2D eigenvalue weighted by atomic mass is 32.2. The monoisotopic (exact) mass is 388 g/mol. The van der Waals surface area contributed by atoms with Gasteiger partial charge in [-0.05, 0) is 36.8 Å². The van der Waals surface area contributed by atoms with Crippen molar-refractivity contribution in [2.75, 3.05) is 38.6 Å². The zero-order valence-electron chi connectivity index (χ0n) is 15.5. The van der Waals surface area contributed by atoms with Crippen LogP contribution >= 0.6 is 11.8 Å². The Balaban J connectivity index is 1.57. The van der Waals surface area contributed by atoms with Crippen LogP contribution in [0.1, 0.15) is 17.2 Å². The standard InChI is InChI=1S/C21H25FN2O2S/c1-16-2-8-19(9-3-16)27-15-21(25)23-14-20(24-10-12-26-13-11-24)17-4-6-18(22)7-5-17/h2-9,20H,10-15H2,1H3,(H,23,25). The van der Waals surface area contributed by atoms with Crippen LogP contribution in [0.2, 0.25) is 0 Å². The summed E-state index contributed by atoms with van der Waals surface area (Å²) in [5.74, 6) is 0.126. The molecule has 0 aliphatic carbocycles. The number of hydrogen-bond acceptors (Lipinski definition) is 4. The number of aryl methyl sites for hydroxylation is 1. The summed E-state index contributed by atoms with van der Waals surface area (Å²) in [6, 6.07) is 14.7. The van der Waals surface area contributed by atoms with Crippen molar-refractivity contribution >= 4 is 17.7 Å². The van der Waals surface area contributed by atoms with Gasteiger partial charge in [-0.3, -0.25) is 9.69 Å². The van der Waals surface area contributed by atoms with E-state index in [1.54, 1.807) is 12.1 Å². The van der Waals surface area contributed by atoms with Crippen LogP contribution in [0.25, 0.3) is 0 Å². The number of halogens is 1. The van der Waals surface area contributed by atoms with Gasteiger partial charge in [-0.15, -0.1) is 11.8 Å². The quantitative estimate of drug-likeness (QED) is 0.738.